The molecule has 0 aliphatic heterocycles. The maximum absolute atomic E-state index is 4.47. The molecule has 2 rings (SSSR count). The van der Waals surface area contributed by atoms with Crippen molar-refractivity contribution < 1.29 is 0 Å². The maximum atomic E-state index is 4.47. The van der Waals surface area contributed by atoms with Crippen LogP contribution in [-0.4, -0.2) is 27.4 Å². The van der Waals surface area contributed by atoms with Crippen molar-refractivity contribution in [2.45, 2.75) is 66.0 Å². The van der Waals surface area contributed by atoms with Gasteiger partial charge in [-0.15, -0.1) is 0 Å². The minimum Gasteiger partial charge on any atom is -0.313 e. The molecule has 0 amide bonds. The molecule has 0 bridgehead atoms. The summed E-state index contributed by atoms with van der Waals surface area (Å²) >= 11 is 0. The molecule has 1 aromatic rings. The van der Waals surface area contributed by atoms with Crippen LogP contribution in [0.15, 0.2) is 6.33 Å². The first kappa shape index (κ1) is 14.5. The zero-order chi connectivity index (χ0) is 14.0. The van der Waals surface area contributed by atoms with Crippen molar-refractivity contribution in [3.05, 3.63) is 12.2 Å². The average Bonchev–Trinajstić information content (AvgIpc) is 3.05. The molecule has 0 aromatic carbocycles. The number of hydrogen-bond donors (Lipinski definition) is 1. The van der Waals surface area contributed by atoms with Crippen LogP contribution in [0.5, 0.6) is 0 Å². The average molecular weight is 264 g/mol. The topological polar surface area (TPSA) is 42.7 Å². The molecule has 1 aliphatic carbocycles. The fraction of sp³-hybridized carbons (Fsp3) is 0.867. The molecule has 4 nitrogen and oxygen atoms in total. The van der Waals surface area contributed by atoms with Gasteiger partial charge in [-0.25, -0.2) is 9.67 Å². The van der Waals surface area contributed by atoms with E-state index in [-0.39, 0.29) is 5.41 Å². The first-order chi connectivity index (χ1) is 8.92. The van der Waals surface area contributed by atoms with E-state index in [0.29, 0.717) is 12.0 Å². The van der Waals surface area contributed by atoms with Crippen LogP contribution < -0.4 is 5.32 Å². The van der Waals surface area contributed by atoms with Crippen molar-refractivity contribution >= 4 is 0 Å². The minimum atomic E-state index is 0.238. The van der Waals surface area contributed by atoms with Gasteiger partial charge in [0.15, 0.2) is 0 Å². The molecule has 1 saturated carbocycles. The summed E-state index contributed by atoms with van der Waals surface area (Å²) in [6.45, 7) is 12.4. The highest BCUT2D eigenvalue weighted by molar-refractivity contribution is 4.97. The summed E-state index contributed by atoms with van der Waals surface area (Å²) in [5.74, 6) is 1.74. The number of rotatable bonds is 7. The molecule has 1 unspecified atom stereocenters. The molecule has 0 saturated heterocycles. The lowest BCUT2D eigenvalue weighted by Crippen LogP contribution is -2.39. The summed E-state index contributed by atoms with van der Waals surface area (Å²) in [6, 6.07) is 1.14. The summed E-state index contributed by atoms with van der Waals surface area (Å²) in [5, 5.41) is 8.03. The number of hydrogen-bond acceptors (Lipinski definition) is 3. The Morgan fingerprint density at radius 3 is 2.58 bits per heavy atom. The molecule has 1 heterocycles. The lowest BCUT2D eigenvalue weighted by atomic mass is 9.76. The second-order valence-electron chi connectivity index (χ2n) is 6.86. The molecular formula is C15H28N4. The number of nitrogens with zero attached hydrogens (tertiary/aromatic N) is 3. The van der Waals surface area contributed by atoms with Crippen molar-refractivity contribution in [1.82, 2.24) is 20.1 Å². The summed E-state index contributed by atoms with van der Waals surface area (Å²) in [4.78, 5) is 4.47. The van der Waals surface area contributed by atoms with Gasteiger partial charge in [0.25, 0.3) is 0 Å². The van der Waals surface area contributed by atoms with E-state index in [9.17, 15) is 0 Å². The Morgan fingerprint density at radius 1 is 1.37 bits per heavy atom. The van der Waals surface area contributed by atoms with Gasteiger partial charge in [0.05, 0.1) is 0 Å². The van der Waals surface area contributed by atoms with Gasteiger partial charge in [0, 0.05) is 25.0 Å². The molecule has 4 heteroatoms. The molecule has 0 spiro atoms. The van der Waals surface area contributed by atoms with E-state index >= 15 is 0 Å². The minimum absolute atomic E-state index is 0.238. The van der Waals surface area contributed by atoms with Crippen LogP contribution >= 0.6 is 0 Å². The van der Waals surface area contributed by atoms with Crippen molar-refractivity contribution in [2.75, 3.05) is 6.54 Å². The third kappa shape index (κ3) is 3.56. The van der Waals surface area contributed by atoms with Gasteiger partial charge < -0.3 is 5.32 Å². The SMILES string of the molecule is CC(C)n1ncnc1CC(C)(CNC1CC1)C(C)C. The Bertz CT molecular complexity index is 406. The molecule has 19 heavy (non-hydrogen) atoms. The molecule has 108 valence electrons. The van der Waals surface area contributed by atoms with Gasteiger partial charge in [0.2, 0.25) is 0 Å². The molecule has 0 radical (unpaired) electrons. The maximum Gasteiger partial charge on any atom is 0.138 e. The van der Waals surface area contributed by atoms with Crippen LogP contribution in [0.25, 0.3) is 0 Å². The Labute approximate surface area is 117 Å². The predicted molar refractivity (Wildman–Crippen MR) is 78.1 cm³/mol. The van der Waals surface area contributed by atoms with Crippen LogP contribution in [0, 0.1) is 11.3 Å². The lowest BCUT2D eigenvalue weighted by Gasteiger charge is -2.34. The van der Waals surface area contributed by atoms with Crippen LogP contribution in [0.1, 0.15) is 59.3 Å². The lowest BCUT2D eigenvalue weighted by molar-refractivity contribution is 0.198. The zero-order valence-electron chi connectivity index (χ0n) is 13.0. The van der Waals surface area contributed by atoms with Crippen LogP contribution in [0.2, 0.25) is 0 Å². The number of aromatic nitrogens is 3. The van der Waals surface area contributed by atoms with Gasteiger partial charge in [0.1, 0.15) is 12.2 Å². The fourth-order valence-corrected chi connectivity index (χ4v) is 2.33. The second kappa shape index (κ2) is 5.61. The van der Waals surface area contributed by atoms with Crippen LogP contribution in [0.4, 0.5) is 0 Å². The summed E-state index contributed by atoms with van der Waals surface area (Å²) in [6.07, 6.45) is 5.36. The fourth-order valence-electron chi connectivity index (χ4n) is 2.33. The normalized spacial score (nSPS) is 19.1. The Morgan fingerprint density at radius 2 is 2.05 bits per heavy atom. The van der Waals surface area contributed by atoms with Gasteiger partial charge in [-0.2, -0.15) is 5.10 Å². The molecule has 1 atom stereocenters. The van der Waals surface area contributed by atoms with E-state index in [1.807, 2.05) is 0 Å². The highest BCUT2D eigenvalue weighted by atomic mass is 15.3. The standard InChI is InChI=1S/C15H28N4/c1-11(2)15(5,9-16-13-6-7-13)8-14-17-10-18-19(14)12(3)4/h10-13,16H,6-9H2,1-5H3. The third-order valence-corrected chi connectivity index (χ3v) is 4.46. The van der Waals surface area contributed by atoms with Crippen LogP contribution in [0.3, 0.4) is 0 Å². The van der Waals surface area contributed by atoms with E-state index in [1.54, 1.807) is 6.33 Å². The van der Waals surface area contributed by atoms with E-state index < -0.39 is 0 Å². The Balaban J connectivity index is 2.07. The molecule has 1 N–H and O–H groups in total. The Kier molecular flexibility index (Phi) is 4.29. The van der Waals surface area contributed by atoms with Crippen molar-refractivity contribution in [2.24, 2.45) is 11.3 Å². The second-order valence-corrected chi connectivity index (χ2v) is 6.86. The van der Waals surface area contributed by atoms with Crippen LogP contribution in [-0.2, 0) is 6.42 Å². The van der Waals surface area contributed by atoms with Gasteiger partial charge in [-0.1, -0.05) is 20.8 Å². The van der Waals surface area contributed by atoms with E-state index in [0.717, 1.165) is 24.8 Å². The molecule has 1 aromatic heterocycles. The van der Waals surface area contributed by atoms with Crippen molar-refractivity contribution in [1.29, 1.82) is 0 Å². The van der Waals surface area contributed by atoms with E-state index in [2.05, 4.69) is 54.7 Å². The molecule has 1 fully saturated rings. The molecular weight excluding hydrogens is 236 g/mol. The zero-order valence-corrected chi connectivity index (χ0v) is 13.0. The summed E-state index contributed by atoms with van der Waals surface area (Å²) in [7, 11) is 0. The monoisotopic (exact) mass is 264 g/mol. The first-order valence-electron chi connectivity index (χ1n) is 7.54. The Hall–Kier alpha value is -0.900. The van der Waals surface area contributed by atoms with E-state index in [1.165, 1.54) is 12.8 Å². The summed E-state index contributed by atoms with van der Waals surface area (Å²) < 4.78 is 2.05. The molecule has 1 aliphatic rings. The number of nitrogens with one attached hydrogen (secondary N) is 1. The smallest absolute Gasteiger partial charge is 0.138 e. The summed E-state index contributed by atoms with van der Waals surface area (Å²) in [5.41, 5.74) is 0.238. The van der Waals surface area contributed by atoms with Gasteiger partial charge in [-0.05, 0) is 38.0 Å². The highest BCUT2D eigenvalue weighted by Gasteiger charge is 2.33. The third-order valence-electron chi connectivity index (χ3n) is 4.46. The highest BCUT2D eigenvalue weighted by Crippen LogP contribution is 2.32. The predicted octanol–water partition coefficient (Wildman–Crippen LogP) is 2.82. The first-order valence-corrected chi connectivity index (χ1v) is 7.54. The quantitative estimate of drug-likeness (QED) is 0.823. The van der Waals surface area contributed by atoms with Crippen molar-refractivity contribution in [3.63, 3.8) is 0 Å². The van der Waals surface area contributed by atoms with E-state index in [4.69, 9.17) is 0 Å². The van der Waals surface area contributed by atoms with Crippen molar-refractivity contribution in [3.8, 4) is 0 Å². The largest absolute Gasteiger partial charge is 0.313 e. The van der Waals surface area contributed by atoms with Gasteiger partial charge >= 0.3 is 0 Å². The van der Waals surface area contributed by atoms with Gasteiger partial charge in [-0.3, -0.25) is 0 Å².